The molecule has 1 aliphatic carbocycles. The number of guanidine groups is 1. The van der Waals surface area contributed by atoms with Crippen molar-refractivity contribution in [2.45, 2.75) is 76.8 Å². The second-order valence-electron chi connectivity index (χ2n) is 8.08. The monoisotopic (exact) mass is 349 g/mol. The molecule has 2 aliphatic heterocycles. The number of hydrogen-bond donors (Lipinski definition) is 2. The molecule has 0 bridgehead atoms. The van der Waals surface area contributed by atoms with Crippen LogP contribution >= 0.6 is 0 Å². The zero-order chi connectivity index (χ0) is 17.3. The maximum absolute atomic E-state index is 4.86. The van der Waals surface area contributed by atoms with Crippen LogP contribution in [0.5, 0.6) is 0 Å². The molecule has 25 heavy (non-hydrogen) atoms. The highest BCUT2D eigenvalue weighted by Gasteiger charge is 2.30. The maximum Gasteiger partial charge on any atom is 0.191 e. The van der Waals surface area contributed by atoms with Crippen LogP contribution in [0.1, 0.15) is 64.7 Å². The van der Waals surface area contributed by atoms with Gasteiger partial charge in [0.05, 0.1) is 6.54 Å². The van der Waals surface area contributed by atoms with E-state index in [4.69, 9.17) is 4.99 Å². The molecule has 3 rings (SSSR count). The topological polar surface area (TPSA) is 42.9 Å². The van der Waals surface area contributed by atoms with Crippen LogP contribution in [0.2, 0.25) is 0 Å². The van der Waals surface area contributed by atoms with Crippen molar-refractivity contribution >= 4 is 5.96 Å². The Balaban J connectivity index is 1.42. The molecule has 1 atom stereocenters. The van der Waals surface area contributed by atoms with Crippen molar-refractivity contribution in [3.8, 4) is 0 Å². The van der Waals surface area contributed by atoms with Crippen LogP contribution in [0.4, 0.5) is 0 Å². The first-order chi connectivity index (χ1) is 12.3. The first-order valence-corrected chi connectivity index (χ1v) is 10.9. The van der Waals surface area contributed by atoms with E-state index in [-0.39, 0.29) is 0 Å². The predicted molar refractivity (Wildman–Crippen MR) is 106 cm³/mol. The molecule has 0 radical (unpaired) electrons. The lowest BCUT2D eigenvalue weighted by molar-refractivity contribution is 0.242. The summed E-state index contributed by atoms with van der Waals surface area (Å²) in [5, 5.41) is 7.14. The molecule has 0 aromatic heterocycles. The summed E-state index contributed by atoms with van der Waals surface area (Å²) in [4.78, 5) is 10.2. The molecule has 0 aromatic carbocycles. The number of hydrogen-bond acceptors (Lipinski definition) is 3. The van der Waals surface area contributed by atoms with Crippen molar-refractivity contribution in [2.24, 2.45) is 4.99 Å². The van der Waals surface area contributed by atoms with Crippen molar-refractivity contribution in [3.63, 3.8) is 0 Å². The Bertz CT molecular complexity index is 397. The molecule has 1 unspecified atom stereocenters. The lowest BCUT2D eigenvalue weighted by atomic mass is 10.2. The standard InChI is InChI=1S/C20H39N5/c1-2-21-20(22-12-16-24-13-7-3-4-8-14-24)23-18-11-15-25(17-18)19-9-5-6-10-19/h18-19H,2-17H2,1H3,(H2,21,22,23). The molecule has 0 aromatic rings. The van der Waals surface area contributed by atoms with Crippen LogP contribution < -0.4 is 10.6 Å². The Morgan fingerprint density at radius 2 is 1.72 bits per heavy atom. The van der Waals surface area contributed by atoms with Crippen molar-refractivity contribution in [2.75, 3.05) is 45.8 Å². The molecule has 3 aliphatic rings. The van der Waals surface area contributed by atoms with Crippen LogP contribution in [-0.4, -0.2) is 73.7 Å². The summed E-state index contributed by atoms with van der Waals surface area (Å²) in [5.74, 6) is 1.02. The van der Waals surface area contributed by atoms with E-state index in [1.807, 2.05) is 0 Å². The van der Waals surface area contributed by atoms with Gasteiger partial charge >= 0.3 is 0 Å². The summed E-state index contributed by atoms with van der Waals surface area (Å²) in [6.07, 6.45) is 12.5. The minimum atomic E-state index is 0.566. The number of nitrogens with one attached hydrogen (secondary N) is 2. The van der Waals surface area contributed by atoms with Crippen molar-refractivity contribution < 1.29 is 0 Å². The minimum absolute atomic E-state index is 0.566. The second-order valence-corrected chi connectivity index (χ2v) is 8.08. The summed E-state index contributed by atoms with van der Waals surface area (Å²) in [5.41, 5.74) is 0. The molecule has 0 spiro atoms. The molecule has 2 saturated heterocycles. The van der Waals surface area contributed by atoms with Gasteiger partial charge in [0.2, 0.25) is 0 Å². The van der Waals surface area contributed by atoms with Crippen molar-refractivity contribution in [3.05, 3.63) is 0 Å². The number of rotatable bonds is 6. The van der Waals surface area contributed by atoms with Gasteiger partial charge in [0, 0.05) is 38.3 Å². The van der Waals surface area contributed by atoms with Gasteiger partial charge in [0.1, 0.15) is 0 Å². The van der Waals surface area contributed by atoms with Crippen LogP contribution in [-0.2, 0) is 0 Å². The van der Waals surface area contributed by atoms with Crippen LogP contribution in [0, 0.1) is 0 Å². The minimum Gasteiger partial charge on any atom is -0.357 e. The molecule has 1 saturated carbocycles. The number of likely N-dealkylation sites (tertiary alicyclic amines) is 2. The Morgan fingerprint density at radius 3 is 2.44 bits per heavy atom. The maximum atomic E-state index is 4.86. The Kier molecular flexibility index (Phi) is 7.86. The third kappa shape index (κ3) is 6.14. The largest absolute Gasteiger partial charge is 0.357 e. The van der Waals surface area contributed by atoms with E-state index in [0.717, 1.165) is 31.6 Å². The first kappa shape index (κ1) is 19.0. The molecule has 5 heteroatoms. The average Bonchev–Trinajstić information content (AvgIpc) is 3.23. The quantitative estimate of drug-likeness (QED) is 0.571. The normalized spacial score (nSPS) is 27.6. The predicted octanol–water partition coefficient (Wildman–Crippen LogP) is 2.43. The molecule has 2 heterocycles. The van der Waals surface area contributed by atoms with Gasteiger partial charge in [-0.1, -0.05) is 25.7 Å². The molecule has 0 amide bonds. The van der Waals surface area contributed by atoms with E-state index in [2.05, 4.69) is 27.4 Å². The summed E-state index contributed by atoms with van der Waals surface area (Å²) >= 11 is 0. The van der Waals surface area contributed by atoms with Gasteiger partial charge in [-0.2, -0.15) is 0 Å². The highest BCUT2D eigenvalue weighted by Crippen LogP contribution is 2.26. The summed E-state index contributed by atoms with van der Waals surface area (Å²) in [7, 11) is 0. The molecule has 5 nitrogen and oxygen atoms in total. The Morgan fingerprint density at radius 1 is 0.960 bits per heavy atom. The van der Waals surface area contributed by atoms with Crippen molar-refractivity contribution in [1.29, 1.82) is 0 Å². The van der Waals surface area contributed by atoms with E-state index in [0.29, 0.717) is 6.04 Å². The summed E-state index contributed by atoms with van der Waals surface area (Å²) in [6, 6.07) is 1.42. The molecular formula is C20H39N5. The zero-order valence-corrected chi connectivity index (χ0v) is 16.3. The van der Waals surface area contributed by atoms with Gasteiger partial charge in [0.15, 0.2) is 5.96 Å². The van der Waals surface area contributed by atoms with Gasteiger partial charge in [-0.3, -0.25) is 9.89 Å². The average molecular weight is 350 g/mol. The zero-order valence-electron chi connectivity index (χ0n) is 16.3. The lowest BCUT2D eigenvalue weighted by Gasteiger charge is -2.24. The molecule has 144 valence electrons. The van der Waals surface area contributed by atoms with E-state index < -0.39 is 0 Å². The molecule has 2 N–H and O–H groups in total. The highest BCUT2D eigenvalue weighted by atomic mass is 15.3. The van der Waals surface area contributed by atoms with Gasteiger partial charge in [-0.05, 0) is 52.1 Å². The number of aliphatic imine (C=N–C) groups is 1. The van der Waals surface area contributed by atoms with Crippen molar-refractivity contribution in [1.82, 2.24) is 20.4 Å². The second kappa shape index (κ2) is 10.4. The van der Waals surface area contributed by atoms with Gasteiger partial charge in [-0.25, -0.2) is 0 Å². The van der Waals surface area contributed by atoms with Gasteiger partial charge in [0.25, 0.3) is 0 Å². The Hall–Kier alpha value is -0.810. The van der Waals surface area contributed by atoms with Crippen LogP contribution in [0.15, 0.2) is 4.99 Å². The smallest absolute Gasteiger partial charge is 0.191 e. The fraction of sp³-hybridized carbons (Fsp3) is 0.950. The fourth-order valence-electron chi connectivity index (χ4n) is 4.68. The third-order valence-corrected chi connectivity index (χ3v) is 6.13. The third-order valence-electron chi connectivity index (χ3n) is 6.13. The van der Waals surface area contributed by atoms with E-state index in [9.17, 15) is 0 Å². The van der Waals surface area contributed by atoms with E-state index in [1.54, 1.807) is 0 Å². The van der Waals surface area contributed by atoms with Gasteiger partial charge in [-0.15, -0.1) is 0 Å². The molecular weight excluding hydrogens is 310 g/mol. The van der Waals surface area contributed by atoms with Crippen LogP contribution in [0.3, 0.4) is 0 Å². The van der Waals surface area contributed by atoms with E-state index in [1.165, 1.54) is 84.0 Å². The first-order valence-electron chi connectivity index (χ1n) is 10.9. The SMILES string of the molecule is CCNC(=NCCN1CCCCCC1)NC1CCN(C2CCCC2)C1. The fourth-order valence-corrected chi connectivity index (χ4v) is 4.68. The van der Waals surface area contributed by atoms with E-state index >= 15 is 0 Å². The van der Waals surface area contributed by atoms with Gasteiger partial charge < -0.3 is 15.5 Å². The molecule has 3 fully saturated rings. The summed E-state index contributed by atoms with van der Waals surface area (Å²) < 4.78 is 0. The number of nitrogens with zero attached hydrogens (tertiary/aromatic N) is 3. The lowest BCUT2D eigenvalue weighted by Crippen LogP contribution is -2.45. The van der Waals surface area contributed by atoms with Crippen LogP contribution in [0.25, 0.3) is 0 Å². The summed E-state index contributed by atoms with van der Waals surface area (Å²) in [6.45, 7) is 10.1. The highest BCUT2D eigenvalue weighted by molar-refractivity contribution is 5.80. The Labute approximate surface area is 154 Å².